The standard InChI is InChI=1S/C31H35F3N4O3/c1-4-16-36(17-5-2)28(39)24(19-21-12-8-7-9-13-21)38-20-25-26(29(38)40)27(35-30(41)37(25)18-6-3)22-14-10-11-15-23(22)31(32,33)34/h6-15,24,27H,3-5,16-20H2,1-2H3,(H,35,41). The summed E-state index contributed by atoms with van der Waals surface area (Å²) < 4.78 is 42.1. The number of urea groups is 1. The molecule has 2 aliphatic heterocycles. The minimum absolute atomic E-state index is 0.0338. The van der Waals surface area contributed by atoms with Crippen LogP contribution < -0.4 is 5.32 Å². The van der Waals surface area contributed by atoms with Crippen LogP contribution in [0.4, 0.5) is 18.0 Å². The number of benzene rings is 2. The van der Waals surface area contributed by atoms with Crippen LogP contribution in [-0.2, 0) is 22.2 Å². The van der Waals surface area contributed by atoms with E-state index in [-0.39, 0.29) is 42.3 Å². The lowest BCUT2D eigenvalue weighted by molar-refractivity contribution is -0.143. The fourth-order valence-electron chi connectivity index (χ4n) is 5.58. The number of carbonyl (C=O) groups excluding carboxylic acids is 3. The van der Waals surface area contributed by atoms with Gasteiger partial charge in [0, 0.05) is 26.1 Å². The van der Waals surface area contributed by atoms with Gasteiger partial charge in [0.25, 0.3) is 5.91 Å². The van der Waals surface area contributed by atoms with Crippen LogP contribution in [0.15, 0.2) is 78.5 Å². The van der Waals surface area contributed by atoms with E-state index in [0.29, 0.717) is 13.1 Å². The summed E-state index contributed by atoms with van der Waals surface area (Å²) in [4.78, 5) is 45.9. The van der Waals surface area contributed by atoms with Crippen molar-refractivity contribution in [2.24, 2.45) is 0 Å². The molecule has 2 aromatic rings. The molecular weight excluding hydrogens is 533 g/mol. The molecule has 2 unspecified atom stereocenters. The Hall–Kier alpha value is -4.08. The van der Waals surface area contributed by atoms with Crippen LogP contribution in [0.1, 0.15) is 49.4 Å². The Labute approximate surface area is 238 Å². The lowest BCUT2D eigenvalue weighted by Crippen LogP contribution is -2.51. The summed E-state index contributed by atoms with van der Waals surface area (Å²) in [5.41, 5.74) is -0.00321. The normalized spacial score (nSPS) is 17.8. The van der Waals surface area contributed by atoms with Gasteiger partial charge in [-0.05, 0) is 30.0 Å². The second-order valence-corrected chi connectivity index (χ2v) is 10.2. The maximum absolute atomic E-state index is 14.2. The van der Waals surface area contributed by atoms with E-state index >= 15 is 0 Å². The van der Waals surface area contributed by atoms with Crippen molar-refractivity contribution in [1.29, 1.82) is 0 Å². The SMILES string of the molecule is C=CCN1C(=O)NC(c2ccccc2C(F)(F)F)C2=C1CN(C(Cc1ccccc1)C(=O)N(CCC)CCC)C2=O. The van der Waals surface area contributed by atoms with Crippen molar-refractivity contribution in [2.45, 2.75) is 51.4 Å². The van der Waals surface area contributed by atoms with Crippen LogP contribution in [0, 0.1) is 0 Å². The number of rotatable bonds is 11. The molecule has 0 aromatic heterocycles. The maximum Gasteiger partial charge on any atom is 0.416 e. The number of amides is 4. The molecule has 4 rings (SSSR count). The fraction of sp³-hybridized carbons (Fsp3) is 0.387. The van der Waals surface area contributed by atoms with Gasteiger partial charge in [-0.2, -0.15) is 13.2 Å². The van der Waals surface area contributed by atoms with Gasteiger partial charge in [-0.25, -0.2) is 4.79 Å². The van der Waals surface area contributed by atoms with Gasteiger partial charge in [0.05, 0.1) is 29.4 Å². The number of alkyl halides is 3. The van der Waals surface area contributed by atoms with Crippen LogP contribution in [0.25, 0.3) is 0 Å². The number of carbonyl (C=O) groups is 3. The molecule has 0 bridgehead atoms. The van der Waals surface area contributed by atoms with Crippen molar-refractivity contribution in [3.63, 3.8) is 0 Å². The average Bonchev–Trinajstić information content (AvgIpc) is 3.29. The van der Waals surface area contributed by atoms with Crippen LogP contribution in [0.5, 0.6) is 0 Å². The lowest BCUT2D eigenvalue weighted by Gasteiger charge is -2.34. The van der Waals surface area contributed by atoms with E-state index in [1.165, 1.54) is 34.1 Å². The molecule has 0 fully saturated rings. The predicted octanol–water partition coefficient (Wildman–Crippen LogP) is 5.31. The first-order chi connectivity index (χ1) is 19.6. The van der Waals surface area contributed by atoms with Gasteiger partial charge < -0.3 is 15.1 Å². The van der Waals surface area contributed by atoms with Gasteiger partial charge in [-0.1, -0.05) is 68.5 Å². The molecule has 218 valence electrons. The van der Waals surface area contributed by atoms with Crippen molar-refractivity contribution in [3.8, 4) is 0 Å². The smallest absolute Gasteiger partial charge is 0.341 e. The van der Waals surface area contributed by atoms with E-state index in [2.05, 4.69) is 11.9 Å². The maximum atomic E-state index is 14.2. The molecule has 0 radical (unpaired) electrons. The van der Waals surface area contributed by atoms with E-state index in [9.17, 15) is 27.6 Å². The topological polar surface area (TPSA) is 73.0 Å². The summed E-state index contributed by atoms with van der Waals surface area (Å²) in [5, 5.41) is 2.62. The second kappa shape index (κ2) is 12.6. The van der Waals surface area contributed by atoms with Gasteiger partial charge in [0.1, 0.15) is 6.04 Å². The Morgan fingerprint density at radius 3 is 2.32 bits per heavy atom. The van der Waals surface area contributed by atoms with Crippen molar-refractivity contribution in [2.75, 3.05) is 26.2 Å². The predicted molar refractivity (Wildman–Crippen MR) is 149 cm³/mol. The Morgan fingerprint density at radius 2 is 1.71 bits per heavy atom. The molecule has 10 heteroatoms. The molecule has 0 spiro atoms. The molecule has 2 atom stereocenters. The van der Waals surface area contributed by atoms with E-state index in [4.69, 9.17) is 0 Å². The van der Waals surface area contributed by atoms with Crippen LogP contribution in [0.2, 0.25) is 0 Å². The zero-order valence-corrected chi connectivity index (χ0v) is 23.3. The van der Waals surface area contributed by atoms with Gasteiger partial charge in [-0.3, -0.25) is 14.5 Å². The molecule has 1 N–H and O–H groups in total. The molecule has 0 aliphatic carbocycles. The third-order valence-electron chi connectivity index (χ3n) is 7.37. The number of nitrogens with zero attached hydrogens (tertiary/aromatic N) is 3. The Bertz CT molecular complexity index is 1320. The molecule has 2 aliphatic rings. The van der Waals surface area contributed by atoms with Crippen molar-refractivity contribution < 1.29 is 27.6 Å². The van der Waals surface area contributed by atoms with E-state index in [1.54, 1.807) is 4.90 Å². The third kappa shape index (κ3) is 6.16. The largest absolute Gasteiger partial charge is 0.416 e. The number of nitrogens with one attached hydrogen (secondary N) is 1. The Morgan fingerprint density at radius 1 is 1.07 bits per heavy atom. The van der Waals surface area contributed by atoms with E-state index in [0.717, 1.165) is 24.5 Å². The van der Waals surface area contributed by atoms with Gasteiger partial charge in [-0.15, -0.1) is 6.58 Å². The first-order valence-corrected chi connectivity index (χ1v) is 13.8. The minimum atomic E-state index is -4.70. The monoisotopic (exact) mass is 568 g/mol. The molecule has 41 heavy (non-hydrogen) atoms. The molecular formula is C31H35F3N4O3. The van der Waals surface area contributed by atoms with Crippen molar-refractivity contribution in [1.82, 2.24) is 20.0 Å². The van der Waals surface area contributed by atoms with Gasteiger partial charge in [0.15, 0.2) is 0 Å². The van der Waals surface area contributed by atoms with E-state index in [1.807, 2.05) is 44.2 Å². The first-order valence-electron chi connectivity index (χ1n) is 13.8. The average molecular weight is 569 g/mol. The zero-order chi connectivity index (χ0) is 29.7. The molecule has 4 amide bonds. The van der Waals surface area contributed by atoms with Gasteiger partial charge >= 0.3 is 12.2 Å². The second-order valence-electron chi connectivity index (χ2n) is 10.2. The number of hydrogen-bond acceptors (Lipinski definition) is 3. The molecule has 0 saturated heterocycles. The summed E-state index contributed by atoms with van der Waals surface area (Å²) in [7, 11) is 0. The third-order valence-corrected chi connectivity index (χ3v) is 7.37. The fourth-order valence-corrected chi connectivity index (χ4v) is 5.58. The lowest BCUT2D eigenvalue weighted by atomic mass is 9.91. The summed E-state index contributed by atoms with van der Waals surface area (Å²) in [5.74, 6) is -0.800. The van der Waals surface area contributed by atoms with Crippen molar-refractivity contribution in [3.05, 3.63) is 95.2 Å². The summed E-state index contributed by atoms with van der Waals surface area (Å²) >= 11 is 0. The quantitative estimate of drug-likeness (QED) is 0.374. The first kappa shape index (κ1) is 29.9. The zero-order valence-electron chi connectivity index (χ0n) is 23.3. The number of halogens is 3. The molecule has 7 nitrogen and oxygen atoms in total. The Kier molecular flexibility index (Phi) is 9.20. The van der Waals surface area contributed by atoms with Gasteiger partial charge in [0.2, 0.25) is 5.91 Å². The highest BCUT2D eigenvalue weighted by atomic mass is 19.4. The highest BCUT2D eigenvalue weighted by molar-refractivity contribution is 6.03. The van der Waals surface area contributed by atoms with Crippen molar-refractivity contribution >= 4 is 17.8 Å². The molecule has 2 heterocycles. The minimum Gasteiger partial charge on any atom is -0.341 e. The Balaban J connectivity index is 1.81. The van der Waals surface area contributed by atoms with Crippen LogP contribution >= 0.6 is 0 Å². The number of hydrogen-bond donors (Lipinski definition) is 1. The molecule has 2 aromatic carbocycles. The van der Waals surface area contributed by atoms with E-state index < -0.39 is 35.8 Å². The van der Waals surface area contributed by atoms with Crippen LogP contribution in [0.3, 0.4) is 0 Å². The molecule has 0 saturated carbocycles. The summed E-state index contributed by atoms with van der Waals surface area (Å²) in [6, 6.07) is 11.3. The summed E-state index contributed by atoms with van der Waals surface area (Å²) in [6.45, 7) is 8.62. The van der Waals surface area contributed by atoms with Crippen LogP contribution in [-0.4, -0.2) is 64.8 Å². The highest BCUT2D eigenvalue weighted by Crippen LogP contribution is 2.42. The highest BCUT2D eigenvalue weighted by Gasteiger charge is 2.49. The summed E-state index contributed by atoms with van der Waals surface area (Å²) in [6.07, 6.45) is -1.53.